The lowest BCUT2D eigenvalue weighted by Gasteiger charge is -2.09. The van der Waals surface area contributed by atoms with E-state index in [4.69, 9.17) is 11.6 Å². The van der Waals surface area contributed by atoms with Gasteiger partial charge in [-0.3, -0.25) is 14.2 Å². The Balaban J connectivity index is 1.59. The molecular formula is C18H17ClFN5O3S. The number of amides is 1. The Labute approximate surface area is 171 Å². The summed E-state index contributed by atoms with van der Waals surface area (Å²) in [5, 5.41) is 7.38. The average Bonchev–Trinajstić information content (AvgIpc) is 3.36. The molecule has 0 bridgehead atoms. The van der Waals surface area contributed by atoms with Gasteiger partial charge in [-0.05, 0) is 49.2 Å². The number of rotatable bonds is 6. The minimum atomic E-state index is -3.66. The van der Waals surface area contributed by atoms with E-state index in [0.717, 1.165) is 18.9 Å². The first-order valence-electron chi connectivity index (χ1n) is 8.75. The van der Waals surface area contributed by atoms with Crippen molar-refractivity contribution in [2.75, 3.05) is 10.0 Å². The Morgan fingerprint density at radius 3 is 2.62 bits per heavy atom. The second-order valence-corrected chi connectivity index (χ2v) is 8.64. The highest BCUT2D eigenvalue weighted by molar-refractivity contribution is 7.90. The molecule has 0 spiro atoms. The van der Waals surface area contributed by atoms with Gasteiger partial charge in [-0.1, -0.05) is 11.6 Å². The molecule has 0 saturated heterocycles. The number of benzene rings is 2. The van der Waals surface area contributed by atoms with Crippen molar-refractivity contribution >= 4 is 50.0 Å². The molecule has 0 radical (unpaired) electrons. The lowest BCUT2D eigenvalue weighted by atomic mass is 10.2. The van der Waals surface area contributed by atoms with E-state index in [1.807, 2.05) is 0 Å². The van der Waals surface area contributed by atoms with Crippen LogP contribution in [0.15, 0.2) is 36.4 Å². The fourth-order valence-electron chi connectivity index (χ4n) is 2.90. The Hall–Kier alpha value is -2.69. The number of halogens is 2. The van der Waals surface area contributed by atoms with Crippen LogP contribution in [0.3, 0.4) is 0 Å². The predicted octanol–water partition coefficient (Wildman–Crippen LogP) is 3.03. The van der Waals surface area contributed by atoms with Gasteiger partial charge in [-0.2, -0.15) is 18.2 Å². The third-order valence-corrected chi connectivity index (χ3v) is 5.82. The molecule has 1 aromatic heterocycles. The monoisotopic (exact) mass is 437 g/mol. The molecule has 1 aliphatic carbocycles. The molecule has 8 nitrogen and oxygen atoms in total. The van der Waals surface area contributed by atoms with Crippen LogP contribution in [-0.2, 0) is 17.3 Å². The average molecular weight is 438 g/mol. The first kappa shape index (κ1) is 19.6. The normalized spacial score (nSPS) is 14.2. The van der Waals surface area contributed by atoms with Crippen LogP contribution in [0.2, 0.25) is 5.02 Å². The SMILES string of the molecule is Cn1nc2cc(NS(=O)(=O)NC3CC3)ccc2c1C(=O)Nc1ccc(F)c(Cl)c1. The van der Waals surface area contributed by atoms with Crippen molar-refractivity contribution in [2.24, 2.45) is 7.05 Å². The van der Waals surface area contributed by atoms with Gasteiger partial charge in [0.1, 0.15) is 11.5 Å². The molecule has 1 aliphatic rings. The summed E-state index contributed by atoms with van der Waals surface area (Å²) in [7, 11) is -2.06. The number of hydrogen-bond acceptors (Lipinski definition) is 4. The summed E-state index contributed by atoms with van der Waals surface area (Å²) < 4.78 is 43.8. The van der Waals surface area contributed by atoms with Gasteiger partial charge in [0, 0.05) is 24.2 Å². The summed E-state index contributed by atoms with van der Waals surface area (Å²) in [5.74, 6) is -1.04. The summed E-state index contributed by atoms with van der Waals surface area (Å²) in [5.41, 5.74) is 1.39. The third kappa shape index (κ3) is 4.34. The van der Waals surface area contributed by atoms with Gasteiger partial charge in [0.15, 0.2) is 0 Å². The second kappa shape index (κ2) is 7.29. The maximum Gasteiger partial charge on any atom is 0.299 e. The highest BCUT2D eigenvalue weighted by atomic mass is 35.5. The molecule has 0 aliphatic heterocycles. The maximum absolute atomic E-state index is 13.3. The smallest absolute Gasteiger partial charge is 0.299 e. The lowest BCUT2D eigenvalue weighted by Crippen LogP contribution is -2.31. The zero-order valence-corrected chi connectivity index (χ0v) is 16.8. The van der Waals surface area contributed by atoms with Crippen molar-refractivity contribution in [1.82, 2.24) is 14.5 Å². The van der Waals surface area contributed by atoms with E-state index in [0.29, 0.717) is 22.3 Å². The number of carbonyl (C=O) groups is 1. The molecule has 1 heterocycles. The molecule has 11 heteroatoms. The van der Waals surface area contributed by atoms with Gasteiger partial charge in [-0.15, -0.1) is 0 Å². The standard InChI is InChI=1S/C18H17ClFN5O3S/c1-25-17(18(26)21-11-5-7-15(20)14(19)8-11)13-6-4-12(9-16(13)22-25)24-29(27,28)23-10-2-3-10/h4-10,23-24H,2-3H2,1H3,(H,21,26). The summed E-state index contributed by atoms with van der Waals surface area (Å²) in [6.45, 7) is 0. The zero-order valence-electron chi connectivity index (χ0n) is 15.2. The van der Waals surface area contributed by atoms with Crippen molar-refractivity contribution in [3.63, 3.8) is 0 Å². The van der Waals surface area contributed by atoms with Crippen LogP contribution in [0.1, 0.15) is 23.3 Å². The molecule has 29 heavy (non-hydrogen) atoms. The fourth-order valence-corrected chi connectivity index (χ4v) is 4.25. The van der Waals surface area contributed by atoms with E-state index < -0.39 is 21.9 Å². The molecule has 2 aromatic carbocycles. The number of aromatic nitrogens is 2. The Morgan fingerprint density at radius 2 is 1.93 bits per heavy atom. The van der Waals surface area contributed by atoms with E-state index in [2.05, 4.69) is 19.9 Å². The van der Waals surface area contributed by atoms with E-state index >= 15 is 0 Å². The van der Waals surface area contributed by atoms with Crippen LogP contribution in [0.5, 0.6) is 0 Å². The second-order valence-electron chi connectivity index (χ2n) is 6.78. The van der Waals surface area contributed by atoms with Crippen molar-refractivity contribution in [2.45, 2.75) is 18.9 Å². The highest BCUT2D eigenvalue weighted by Gasteiger charge is 2.27. The molecule has 152 valence electrons. The maximum atomic E-state index is 13.3. The molecule has 1 amide bonds. The quantitative estimate of drug-likeness (QED) is 0.551. The predicted molar refractivity (Wildman–Crippen MR) is 109 cm³/mol. The summed E-state index contributed by atoms with van der Waals surface area (Å²) in [6, 6.07) is 8.58. The highest BCUT2D eigenvalue weighted by Crippen LogP contribution is 2.25. The van der Waals surface area contributed by atoms with Gasteiger partial charge in [0.05, 0.1) is 16.2 Å². The van der Waals surface area contributed by atoms with Gasteiger partial charge in [0.25, 0.3) is 16.1 Å². The molecule has 4 rings (SSSR count). The topological polar surface area (TPSA) is 105 Å². The van der Waals surface area contributed by atoms with Crippen molar-refractivity contribution in [1.29, 1.82) is 0 Å². The van der Waals surface area contributed by atoms with E-state index in [1.165, 1.54) is 16.8 Å². The van der Waals surface area contributed by atoms with Crippen molar-refractivity contribution in [3.05, 3.63) is 52.9 Å². The Kier molecular flexibility index (Phi) is 4.93. The molecule has 1 fully saturated rings. The number of fused-ring (bicyclic) bond motifs is 1. The van der Waals surface area contributed by atoms with Crippen LogP contribution < -0.4 is 14.8 Å². The third-order valence-electron chi connectivity index (χ3n) is 4.38. The number of anilines is 2. The number of nitrogens with zero attached hydrogens (tertiary/aromatic N) is 2. The number of nitrogens with one attached hydrogen (secondary N) is 3. The molecule has 1 saturated carbocycles. The van der Waals surface area contributed by atoms with E-state index in [-0.39, 0.29) is 16.8 Å². The zero-order chi connectivity index (χ0) is 20.8. The summed E-state index contributed by atoms with van der Waals surface area (Å²) in [4.78, 5) is 12.7. The summed E-state index contributed by atoms with van der Waals surface area (Å²) >= 11 is 5.75. The minimum Gasteiger partial charge on any atom is -0.321 e. The Bertz CT molecular complexity index is 1220. The van der Waals surface area contributed by atoms with Gasteiger partial charge in [-0.25, -0.2) is 4.39 Å². The van der Waals surface area contributed by atoms with Gasteiger partial charge >= 0.3 is 0 Å². The lowest BCUT2D eigenvalue weighted by molar-refractivity contribution is 0.101. The van der Waals surface area contributed by atoms with Crippen molar-refractivity contribution < 1.29 is 17.6 Å². The number of hydrogen-bond donors (Lipinski definition) is 3. The van der Waals surface area contributed by atoms with Gasteiger partial charge < -0.3 is 5.32 Å². The fraction of sp³-hybridized carbons (Fsp3) is 0.222. The minimum absolute atomic E-state index is 0.0126. The first-order chi connectivity index (χ1) is 13.7. The molecule has 0 atom stereocenters. The van der Waals surface area contributed by atoms with Crippen LogP contribution >= 0.6 is 11.6 Å². The van der Waals surface area contributed by atoms with E-state index in [9.17, 15) is 17.6 Å². The molecule has 0 unspecified atom stereocenters. The van der Waals surface area contributed by atoms with Crippen molar-refractivity contribution in [3.8, 4) is 0 Å². The first-order valence-corrected chi connectivity index (χ1v) is 10.6. The number of carbonyl (C=O) groups excluding carboxylic acids is 1. The molecule has 3 aromatic rings. The molecular weight excluding hydrogens is 421 g/mol. The summed E-state index contributed by atoms with van der Waals surface area (Å²) in [6.07, 6.45) is 1.66. The van der Waals surface area contributed by atoms with Crippen LogP contribution in [0, 0.1) is 5.82 Å². The largest absolute Gasteiger partial charge is 0.321 e. The van der Waals surface area contributed by atoms with Gasteiger partial charge in [0.2, 0.25) is 0 Å². The Morgan fingerprint density at radius 1 is 1.21 bits per heavy atom. The van der Waals surface area contributed by atoms with E-state index in [1.54, 1.807) is 25.2 Å². The van der Waals surface area contributed by atoms with Crippen LogP contribution in [0.4, 0.5) is 15.8 Å². The molecule has 3 N–H and O–H groups in total. The van der Waals surface area contributed by atoms with Crippen LogP contribution in [-0.4, -0.2) is 30.1 Å². The number of aryl methyl sites for hydroxylation is 1. The van der Waals surface area contributed by atoms with Crippen LogP contribution in [0.25, 0.3) is 10.9 Å².